The highest BCUT2D eigenvalue weighted by atomic mass is 19.2. The van der Waals surface area contributed by atoms with E-state index in [1.54, 1.807) is 12.1 Å². The van der Waals surface area contributed by atoms with E-state index in [9.17, 15) is 13.6 Å². The quantitative estimate of drug-likeness (QED) is 0.339. The molecule has 2 aromatic rings. The van der Waals surface area contributed by atoms with Crippen LogP contribution >= 0.6 is 0 Å². The summed E-state index contributed by atoms with van der Waals surface area (Å²) in [5.74, 6) is -2.77. The molecule has 0 saturated heterocycles. The van der Waals surface area contributed by atoms with Gasteiger partial charge in [0.2, 0.25) is 5.82 Å². The van der Waals surface area contributed by atoms with E-state index in [0.29, 0.717) is 12.4 Å². The summed E-state index contributed by atoms with van der Waals surface area (Å²) in [5.41, 5.74) is 0.235. The molecular formula is C20H22F2O3. The molecule has 0 radical (unpaired) electrons. The highest BCUT2D eigenvalue weighted by Gasteiger charge is 2.14. The number of carbonyl (C=O) groups excluding carboxylic acids is 1. The average Bonchev–Trinajstić information content (AvgIpc) is 2.62. The Morgan fingerprint density at radius 3 is 2.40 bits per heavy atom. The van der Waals surface area contributed by atoms with E-state index in [-0.39, 0.29) is 5.56 Å². The van der Waals surface area contributed by atoms with Crippen molar-refractivity contribution in [3.63, 3.8) is 0 Å². The topological polar surface area (TPSA) is 35.5 Å². The molecule has 0 aromatic heterocycles. The Labute approximate surface area is 146 Å². The number of rotatable bonds is 9. The molecule has 0 N–H and O–H groups in total. The summed E-state index contributed by atoms with van der Waals surface area (Å²) in [6.45, 7) is 2.80. The number of hydrogen-bond donors (Lipinski definition) is 0. The van der Waals surface area contributed by atoms with E-state index in [1.165, 1.54) is 43.5 Å². The molecule has 134 valence electrons. The predicted octanol–water partition coefficient (Wildman–Crippen LogP) is 5.53. The Morgan fingerprint density at radius 2 is 1.68 bits per heavy atom. The van der Waals surface area contributed by atoms with Crippen LogP contribution in [0, 0.1) is 11.6 Å². The lowest BCUT2D eigenvalue weighted by molar-refractivity contribution is 0.0726. The van der Waals surface area contributed by atoms with Crippen LogP contribution in [-0.2, 0) is 0 Å². The van der Waals surface area contributed by atoms with Gasteiger partial charge in [-0.1, -0.05) is 38.7 Å². The SMILES string of the molecule is CCCCCCCOc1ccc(C(=O)Oc2cccc(F)c2F)cc1. The van der Waals surface area contributed by atoms with Gasteiger partial charge in [0, 0.05) is 0 Å². The first-order chi connectivity index (χ1) is 12.1. The number of hydrogen-bond acceptors (Lipinski definition) is 3. The van der Waals surface area contributed by atoms with Crippen LogP contribution in [0.5, 0.6) is 11.5 Å². The first-order valence-corrected chi connectivity index (χ1v) is 8.51. The van der Waals surface area contributed by atoms with E-state index in [2.05, 4.69) is 6.92 Å². The third-order valence-electron chi connectivity index (χ3n) is 3.73. The van der Waals surface area contributed by atoms with Gasteiger partial charge in [-0.3, -0.25) is 0 Å². The minimum absolute atomic E-state index is 0.235. The number of ether oxygens (including phenoxy) is 2. The molecule has 0 atom stereocenters. The normalized spacial score (nSPS) is 10.5. The highest BCUT2D eigenvalue weighted by molar-refractivity contribution is 5.91. The van der Waals surface area contributed by atoms with Gasteiger partial charge in [0.1, 0.15) is 5.75 Å². The van der Waals surface area contributed by atoms with Gasteiger partial charge in [-0.25, -0.2) is 9.18 Å². The van der Waals surface area contributed by atoms with Crippen LogP contribution in [0.25, 0.3) is 0 Å². The molecule has 0 spiro atoms. The first-order valence-electron chi connectivity index (χ1n) is 8.51. The largest absolute Gasteiger partial charge is 0.494 e. The lowest BCUT2D eigenvalue weighted by atomic mass is 10.2. The smallest absolute Gasteiger partial charge is 0.343 e. The zero-order chi connectivity index (χ0) is 18.1. The second-order valence-corrected chi connectivity index (χ2v) is 5.73. The highest BCUT2D eigenvalue weighted by Crippen LogP contribution is 2.21. The molecule has 25 heavy (non-hydrogen) atoms. The molecule has 2 aromatic carbocycles. The number of esters is 1. The molecule has 0 heterocycles. The number of benzene rings is 2. The Hall–Kier alpha value is -2.43. The monoisotopic (exact) mass is 348 g/mol. The molecule has 0 saturated carbocycles. The number of carbonyl (C=O) groups is 1. The molecule has 0 fully saturated rings. The van der Waals surface area contributed by atoms with Crippen molar-refractivity contribution in [3.05, 3.63) is 59.7 Å². The van der Waals surface area contributed by atoms with Gasteiger partial charge in [0.15, 0.2) is 11.6 Å². The molecule has 0 aliphatic heterocycles. The van der Waals surface area contributed by atoms with Crippen molar-refractivity contribution in [2.24, 2.45) is 0 Å². The zero-order valence-corrected chi connectivity index (χ0v) is 14.3. The van der Waals surface area contributed by atoms with E-state index in [1.807, 2.05) is 0 Å². The maximum Gasteiger partial charge on any atom is 0.343 e. The minimum Gasteiger partial charge on any atom is -0.494 e. The van der Waals surface area contributed by atoms with Gasteiger partial charge >= 0.3 is 5.97 Å². The molecule has 5 heteroatoms. The fourth-order valence-electron chi connectivity index (χ4n) is 2.30. The molecule has 0 aliphatic carbocycles. The standard InChI is InChI=1S/C20H22F2O3/c1-2-3-4-5-6-14-24-16-12-10-15(11-13-16)20(23)25-18-9-7-8-17(21)19(18)22/h7-13H,2-6,14H2,1H3. The van der Waals surface area contributed by atoms with E-state index >= 15 is 0 Å². The summed E-state index contributed by atoms with van der Waals surface area (Å²) in [7, 11) is 0. The fourth-order valence-corrected chi connectivity index (χ4v) is 2.30. The summed E-state index contributed by atoms with van der Waals surface area (Å²) < 4.78 is 37.1. The second kappa shape index (κ2) is 9.77. The lowest BCUT2D eigenvalue weighted by Gasteiger charge is -2.08. The zero-order valence-electron chi connectivity index (χ0n) is 14.3. The second-order valence-electron chi connectivity index (χ2n) is 5.73. The van der Waals surface area contributed by atoms with Crippen LogP contribution < -0.4 is 9.47 Å². The van der Waals surface area contributed by atoms with Crippen LogP contribution in [0.3, 0.4) is 0 Å². The van der Waals surface area contributed by atoms with Crippen molar-refractivity contribution < 1.29 is 23.0 Å². The summed E-state index contributed by atoms with van der Waals surface area (Å²) >= 11 is 0. The average molecular weight is 348 g/mol. The summed E-state index contributed by atoms with van der Waals surface area (Å²) in [6, 6.07) is 9.82. The van der Waals surface area contributed by atoms with Crippen molar-refractivity contribution in [2.45, 2.75) is 39.0 Å². The molecular weight excluding hydrogens is 326 g/mol. The van der Waals surface area contributed by atoms with Gasteiger partial charge < -0.3 is 9.47 Å². The van der Waals surface area contributed by atoms with Crippen LogP contribution in [-0.4, -0.2) is 12.6 Å². The summed E-state index contributed by atoms with van der Waals surface area (Å²) in [6.07, 6.45) is 5.78. The Bertz CT molecular complexity index is 684. The minimum atomic E-state index is -1.18. The third-order valence-corrected chi connectivity index (χ3v) is 3.73. The molecule has 0 aliphatic rings. The molecule has 2 rings (SSSR count). The first kappa shape index (κ1) is 18.9. The maximum atomic E-state index is 13.5. The van der Waals surface area contributed by atoms with E-state index in [0.717, 1.165) is 18.9 Å². The Kier molecular flexibility index (Phi) is 7.38. The summed E-state index contributed by atoms with van der Waals surface area (Å²) in [4.78, 5) is 12.0. The van der Waals surface area contributed by atoms with Crippen LogP contribution in [0.2, 0.25) is 0 Å². The molecule has 0 unspecified atom stereocenters. The van der Waals surface area contributed by atoms with E-state index in [4.69, 9.17) is 9.47 Å². The molecule has 0 bridgehead atoms. The number of halogens is 2. The van der Waals surface area contributed by atoms with Crippen LogP contribution in [0.4, 0.5) is 8.78 Å². The van der Waals surface area contributed by atoms with Gasteiger partial charge in [-0.15, -0.1) is 0 Å². The fraction of sp³-hybridized carbons (Fsp3) is 0.350. The van der Waals surface area contributed by atoms with Gasteiger partial charge in [-0.05, 0) is 42.8 Å². The van der Waals surface area contributed by atoms with E-state index < -0.39 is 23.4 Å². The van der Waals surface area contributed by atoms with Crippen LogP contribution in [0.1, 0.15) is 49.4 Å². The van der Waals surface area contributed by atoms with Gasteiger partial charge in [0.05, 0.1) is 12.2 Å². The van der Waals surface area contributed by atoms with Crippen molar-refractivity contribution in [1.82, 2.24) is 0 Å². The molecule has 3 nitrogen and oxygen atoms in total. The Morgan fingerprint density at radius 1 is 0.960 bits per heavy atom. The lowest BCUT2D eigenvalue weighted by Crippen LogP contribution is -2.10. The van der Waals surface area contributed by atoms with Gasteiger partial charge in [0.25, 0.3) is 0 Å². The van der Waals surface area contributed by atoms with Crippen molar-refractivity contribution >= 4 is 5.97 Å². The van der Waals surface area contributed by atoms with Crippen molar-refractivity contribution in [1.29, 1.82) is 0 Å². The summed E-state index contributed by atoms with van der Waals surface area (Å²) in [5, 5.41) is 0. The van der Waals surface area contributed by atoms with Crippen LogP contribution in [0.15, 0.2) is 42.5 Å². The van der Waals surface area contributed by atoms with Gasteiger partial charge in [-0.2, -0.15) is 4.39 Å². The van der Waals surface area contributed by atoms with Crippen molar-refractivity contribution in [2.75, 3.05) is 6.61 Å². The van der Waals surface area contributed by atoms with Crippen molar-refractivity contribution in [3.8, 4) is 11.5 Å². The molecule has 0 amide bonds. The predicted molar refractivity (Wildman–Crippen MR) is 92.0 cm³/mol. The number of unbranched alkanes of at least 4 members (excludes halogenated alkanes) is 4. The Balaban J connectivity index is 1.84. The third kappa shape index (κ3) is 5.85. The maximum absolute atomic E-state index is 13.5.